The number of benzene rings is 1. The van der Waals surface area contributed by atoms with Gasteiger partial charge in [0, 0.05) is 12.5 Å². The van der Waals surface area contributed by atoms with Gasteiger partial charge in [0.05, 0.1) is 31.3 Å². The van der Waals surface area contributed by atoms with E-state index in [1.54, 1.807) is 12.1 Å². The van der Waals surface area contributed by atoms with E-state index in [0.717, 1.165) is 24.9 Å². The van der Waals surface area contributed by atoms with Crippen LogP contribution in [0.1, 0.15) is 41.2 Å². The molecule has 3 rings (SSSR count). The number of carbonyl (C=O) groups excluding carboxylic acids is 1. The van der Waals surface area contributed by atoms with Crippen LogP contribution in [0.4, 0.5) is 8.78 Å². The lowest BCUT2D eigenvalue weighted by Gasteiger charge is -2.30. The fourth-order valence-electron chi connectivity index (χ4n) is 2.96. The molecule has 1 saturated carbocycles. The van der Waals surface area contributed by atoms with Gasteiger partial charge in [0.1, 0.15) is 0 Å². The number of rotatable bonds is 5. The summed E-state index contributed by atoms with van der Waals surface area (Å²) in [5.41, 5.74) is 1.57. The number of nitrogens with one attached hydrogen (secondary N) is 1. The monoisotopic (exact) mass is 325 g/mol. The molecule has 23 heavy (non-hydrogen) atoms. The molecule has 1 saturated heterocycles. The second-order valence-electron chi connectivity index (χ2n) is 6.26. The van der Waals surface area contributed by atoms with Crippen LogP contribution in [0.3, 0.4) is 0 Å². The summed E-state index contributed by atoms with van der Waals surface area (Å²) in [6.45, 7) is 0.931. The van der Waals surface area contributed by atoms with Crippen molar-refractivity contribution in [3.63, 3.8) is 0 Å². The zero-order valence-electron chi connectivity index (χ0n) is 13.1. The molecule has 2 aliphatic rings. The third-order valence-electron chi connectivity index (χ3n) is 4.58. The molecule has 1 aliphatic heterocycles. The Kier molecular flexibility index (Phi) is 4.64. The zero-order valence-corrected chi connectivity index (χ0v) is 13.1. The van der Waals surface area contributed by atoms with Crippen molar-refractivity contribution in [3.05, 3.63) is 35.4 Å². The molecule has 126 valence electrons. The fraction of sp³-hybridized carbons (Fsp3) is 0.588. The smallest absolute Gasteiger partial charge is 0.337 e. The van der Waals surface area contributed by atoms with E-state index in [1.807, 2.05) is 12.1 Å². The highest BCUT2D eigenvalue weighted by atomic mass is 19.3. The predicted octanol–water partition coefficient (Wildman–Crippen LogP) is 2.94. The molecular weight excluding hydrogens is 304 g/mol. The van der Waals surface area contributed by atoms with Crippen LogP contribution in [0.5, 0.6) is 0 Å². The lowest BCUT2D eigenvalue weighted by atomic mass is 9.95. The summed E-state index contributed by atoms with van der Waals surface area (Å²) in [7, 11) is 1.35. The lowest BCUT2D eigenvalue weighted by Crippen LogP contribution is -2.36. The SMILES string of the molecule is COC(=O)c1ccc([C@@H]2C[C@@H](OCC3CC3(F)F)CCN2)cc1. The predicted molar refractivity (Wildman–Crippen MR) is 80.6 cm³/mol. The number of piperidine rings is 1. The van der Waals surface area contributed by atoms with Gasteiger partial charge in [-0.05, 0) is 37.1 Å². The molecule has 0 bridgehead atoms. The molecule has 1 heterocycles. The first-order chi connectivity index (χ1) is 11.0. The van der Waals surface area contributed by atoms with Crippen molar-refractivity contribution in [1.29, 1.82) is 0 Å². The van der Waals surface area contributed by atoms with Gasteiger partial charge in [0.25, 0.3) is 5.92 Å². The third-order valence-corrected chi connectivity index (χ3v) is 4.58. The van der Waals surface area contributed by atoms with Crippen molar-refractivity contribution >= 4 is 5.97 Å². The van der Waals surface area contributed by atoms with E-state index in [-0.39, 0.29) is 31.1 Å². The number of halogens is 2. The average Bonchev–Trinajstić information content (AvgIpc) is 3.19. The van der Waals surface area contributed by atoms with E-state index < -0.39 is 11.8 Å². The van der Waals surface area contributed by atoms with Crippen molar-refractivity contribution < 1.29 is 23.0 Å². The minimum absolute atomic E-state index is 0.00191. The highest BCUT2D eigenvalue weighted by molar-refractivity contribution is 5.89. The van der Waals surface area contributed by atoms with Gasteiger partial charge < -0.3 is 14.8 Å². The molecular formula is C17H21F2NO3. The highest BCUT2D eigenvalue weighted by Gasteiger charge is 2.56. The van der Waals surface area contributed by atoms with Crippen molar-refractivity contribution in [2.75, 3.05) is 20.3 Å². The first kappa shape index (κ1) is 16.3. The van der Waals surface area contributed by atoms with Gasteiger partial charge in [-0.3, -0.25) is 0 Å². The number of esters is 1. The maximum absolute atomic E-state index is 12.9. The number of methoxy groups -OCH3 is 1. The zero-order chi connectivity index (χ0) is 16.4. The maximum Gasteiger partial charge on any atom is 0.337 e. The Morgan fingerprint density at radius 2 is 2.04 bits per heavy atom. The molecule has 1 aromatic carbocycles. The summed E-state index contributed by atoms with van der Waals surface area (Å²) in [6, 6.07) is 7.36. The summed E-state index contributed by atoms with van der Waals surface area (Å²) in [5.74, 6) is -3.48. The number of hydrogen-bond acceptors (Lipinski definition) is 4. The minimum Gasteiger partial charge on any atom is -0.465 e. The number of alkyl halides is 2. The fourth-order valence-corrected chi connectivity index (χ4v) is 2.96. The van der Waals surface area contributed by atoms with E-state index in [4.69, 9.17) is 4.74 Å². The van der Waals surface area contributed by atoms with Crippen LogP contribution in [0.2, 0.25) is 0 Å². The molecule has 1 aromatic rings. The van der Waals surface area contributed by atoms with Crippen LogP contribution in [-0.2, 0) is 9.47 Å². The normalized spacial score (nSPS) is 29.1. The number of carbonyl (C=O) groups is 1. The quantitative estimate of drug-likeness (QED) is 0.846. The van der Waals surface area contributed by atoms with Gasteiger partial charge in [-0.15, -0.1) is 0 Å². The second-order valence-corrected chi connectivity index (χ2v) is 6.26. The molecule has 0 aromatic heterocycles. The van der Waals surface area contributed by atoms with E-state index >= 15 is 0 Å². The average molecular weight is 325 g/mol. The lowest BCUT2D eigenvalue weighted by molar-refractivity contribution is -0.00510. The van der Waals surface area contributed by atoms with E-state index in [2.05, 4.69) is 10.1 Å². The van der Waals surface area contributed by atoms with Crippen LogP contribution in [0.25, 0.3) is 0 Å². The molecule has 1 aliphatic carbocycles. The Morgan fingerprint density at radius 3 is 2.65 bits per heavy atom. The number of hydrogen-bond donors (Lipinski definition) is 1. The summed E-state index contributed by atoms with van der Waals surface area (Å²) in [5, 5.41) is 3.40. The van der Waals surface area contributed by atoms with Gasteiger partial charge in [-0.2, -0.15) is 0 Å². The van der Waals surface area contributed by atoms with Crippen LogP contribution in [-0.4, -0.2) is 38.3 Å². The second kappa shape index (κ2) is 6.53. The molecule has 3 atom stereocenters. The minimum atomic E-state index is -2.52. The van der Waals surface area contributed by atoms with Crippen molar-refractivity contribution in [1.82, 2.24) is 5.32 Å². The van der Waals surface area contributed by atoms with Crippen LogP contribution >= 0.6 is 0 Å². The molecule has 0 amide bonds. The standard InChI is InChI=1S/C17H21F2NO3/c1-22-16(21)12-4-2-11(3-5-12)15-8-14(6-7-20-15)23-10-13-9-17(13,18)19/h2-5,13-15,20H,6-10H2,1H3/t13?,14-,15-/m0/s1. The van der Waals surface area contributed by atoms with Gasteiger partial charge in [-0.25, -0.2) is 13.6 Å². The Balaban J connectivity index is 1.54. The van der Waals surface area contributed by atoms with Crippen LogP contribution in [0.15, 0.2) is 24.3 Å². The van der Waals surface area contributed by atoms with E-state index in [0.29, 0.717) is 5.56 Å². The van der Waals surface area contributed by atoms with E-state index in [9.17, 15) is 13.6 Å². The summed E-state index contributed by atoms with van der Waals surface area (Å²) >= 11 is 0. The van der Waals surface area contributed by atoms with Gasteiger partial charge in [0.15, 0.2) is 0 Å². The molecule has 0 radical (unpaired) electrons. The Hall–Kier alpha value is -1.53. The Labute approximate surface area is 134 Å². The van der Waals surface area contributed by atoms with Crippen LogP contribution in [0, 0.1) is 5.92 Å². The van der Waals surface area contributed by atoms with Crippen LogP contribution < -0.4 is 5.32 Å². The molecule has 2 fully saturated rings. The summed E-state index contributed by atoms with van der Waals surface area (Å²) in [4.78, 5) is 11.4. The Bertz CT molecular complexity index is 561. The van der Waals surface area contributed by atoms with Gasteiger partial charge >= 0.3 is 5.97 Å². The Morgan fingerprint density at radius 1 is 1.35 bits per heavy atom. The van der Waals surface area contributed by atoms with Crippen molar-refractivity contribution in [2.24, 2.45) is 5.92 Å². The first-order valence-corrected chi connectivity index (χ1v) is 7.90. The first-order valence-electron chi connectivity index (χ1n) is 7.90. The van der Waals surface area contributed by atoms with Gasteiger partial charge in [0.2, 0.25) is 0 Å². The van der Waals surface area contributed by atoms with Crippen molar-refractivity contribution in [2.45, 2.75) is 37.3 Å². The largest absolute Gasteiger partial charge is 0.465 e. The maximum atomic E-state index is 12.9. The van der Waals surface area contributed by atoms with Gasteiger partial charge in [-0.1, -0.05) is 12.1 Å². The molecule has 1 N–H and O–H groups in total. The topological polar surface area (TPSA) is 47.6 Å². The van der Waals surface area contributed by atoms with E-state index in [1.165, 1.54) is 7.11 Å². The third kappa shape index (κ3) is 3.87. The summed E-state index contributed by atoms with van der Waals surface area (Å²) in [6.07, 6.45) is 1.53. The highest BCUT2D eigenvalue weighted by Crippen LogP contribution is 2.48. The molecule has 4 nitrogen and oxygen atoms in total. The summed E-state index contributed by atoms with van der Waals surface area (Å²) < 4.78 is 36.1. The number of ether oxygens (including phenoxy) is 2. The molecule has 1 unspecified atom stereocenters. The van der Waals surface area contributed by atoms with Crippen molar-refractivity contribution in [3.8, 4) is 0 Å². The molecule has 0 spiro atoms. The molecule has 6 heteroatoms.